The summed E-state index contributed by atoms with van der Waals surface area (Å²) in [6, 6.07) is 0.400. The van der Waals surface area contributed by atoms with Gasteiger partial charge in [-0.1, -0.05) is 20.8 Å². The first-order valence-electron chi connectivity index (χ1n) is 13.2. The first-order chi connectivity index (χ1) is 14.8. The molecule has 0 radical (unpaired) electrons. The first kappa shape index (κ1) is 23.1. The lowest BCUT2D eigenvalue weighted by Gasteiger charge is -2.61. The Bertz CT molecular complexity index is 665. The Morgan fingerprint density at radius 3 is 2.55 bits per heavy atom. The molecule has 176 valence electrons. The number of esters is 1. The zero-order chi connectivity index (χ0) is 22.2. The van der Waals surface area contributed by atoms with Gasteiger partial charge in [0.15, 0.2) is 0 Å². The Labute approximate surface area is 189 Å². The molecule has 0 aromatic carbocycles. The molecule has 1 N–H and O–H groups in total. The minimum Gasteiger partial charge on any atom is -0.466 e. The van der Waals surface area contributed by atoms with Crippen molar-refractivity contribution in [1.29, 1.82) is 0 Å². The lowest BCUT2D eigenvalue weighted by atomic mass is 9.44. The van der Waals surface area contributed by atoms with Crippen LogP contribution >= 0.6 is 0 Å². The molecule has 0 unspecified atom stereocenters. The molecule has 4 nitrogen and oxygen atoms in total. The number of ether oxygens (including phenoxy) is 1. The molecule has 1 amide bonds. The molecule has 4 heteroatoms. The molecule has 4 fully saturated rings. The van der Waals surface area contributed by atoms with Crippen LogP contribution in [0, 0.1) is 46.3 Å². The van der Waals surface area contributed by atoms with E-state index in [1.165, 1.54) is 51.4 Å². The monoisotopic (exact) mass is 431 g/mol. The third-order valence-corrected chi connectivity index (χ3v) is 10.8. The molecule has 4 saturated carbocycles. The predicted octanol–water partition coefficient (Wildman–Crippen LogP) is 5.74. The molecule has 0 bridgehead atoms. The van der Waals surface area contributed by atoms with E-state index < -0.39 is 0 Å². The number of rotatable bonds is 7. The summed E-state index contributed by atoms with van der Waals surface area (Å²) in [6.07, 6.45) is 14.3. The summed E-state index contributed by atoms with van der Waals surface area (Å²) >= 11 is 0. The average Bonchev–Trinajstić information content (AvgIpc) is 3.10. The maximum absolute atomic E-state index is 11.9. The van der Waals surface area contributed by atoms with E-state index in [0.29, 0.717) is 35.8 Å². The molecule has 4 aliphatic rings. The van der Waals surface area contributed by atoms with Crippen molar-refractivity contribution >= 4 is 12.4 Å². The van der Waals surface area contributed by atoms with Crippen molar-refractivity contribution in [2.24, 2.45) is 46.3 Å². The molecule has 4 rings (SSSR count). The zero-order valence-corrected chi connectivity index (χ0v) is 20.3. The largest absolute Gasteiger partial charge is 0.466 e. The molecule has 0 saturated heterocycles. The van der Waals surface area contributed by atoms with Gasteiger partial charge in [0.1, 0.15) is 0 Å². The van der Waals surface area contributed by atoms with Crippen molar-refractivity contribution in [2.45, 2.75) is 104 Å². The minimum absolute atomic E-state index is 0.0244. The molecule has 0 heterocycles. The number of hydrogen-bond donors (Lipinski definition) is 1. The van der Waals surface area contributed by atoms with Crippen LogP contribution in [0.5, 0.6) is 0 Å². The van der Waals surface area contributed by atoms with Crippen LogP contribution in [-0.2, 0) is 14.3 Å². The second-order valence-electron chi connectivity index (χ2n) is 12.0. The van der Waals surface area contributed by atoms with Crippen molar-refractivity contribution in [3.8, 4) is 0 Å². The third kappa shape index (κ3) is 4.06. The summed E-state index contributed by atoms with van der Waals surface area (Å²) < 4.78 is 5.18. The van der Waals surface area contributed by atoms with Gasteiger partial charge >= 0.3 is 5.97 Å². The van der Waals surface area contributed by atoms with Gasteiger partial charge in [0.05, 0.1) is 6.61 Å². The van der Waals surface area contributed by atoms with E-state index in [0.717, 1.165) is 48.8 Å². The highest BCUT2D eigenvalue weighted by molar-refractivity contribution is 5.69. The van der Waals surface area contributed by atoms with E-state index in [1.807, 2.05) is 6.92 Å². The number of hydrogen-bond acceptors (Lipinski definition) is 3. The van der Waals surface area contributed by atoms with Gasteiger partial charge in [-0.3, -0.25) is 9.59 Å². The normalized spacial score (nSPS) is 45.0. The predicted molar refractivity (Wildman–Crippen MR) is 123 cm³/mol. The molecule has 0 aromatic rings. The van der Waals surface area contributed by atoms with E-state index in [1.54, 1.807) is 0 Å². The Kier molecular flexibility index (Phi) is 6.75. The van der Waals surface area contributed by atoms with Crippen LogP contribution in [0.3, 0.4) is 0 Å². The highest BCUT2D eigenvalue weighted by Gasteiger charge is 2.60. The molecule has 0 aromatic heterocycles. The lowest BCUT2D eigenvalue weighted by Crippen LogP contribution is -2.55. The van der Waals surface area contributed by atoms with Gasteiger partial charge in [-0.25, -0.2) is 0 Å². The topological polar surface area (TPSA) is 55.4 Å². The molecule has 0 aliphatic heterocycles. The molecule has 0 spiro atoms. The Hall–Kier alpha value is -1.06. The highest BCUT2D eigenvalue weighted by Crippen LogP contribution is 2.68. The van der Waals surface area contributed by atoms with Gasteiger partial charge in [-0.15, -0.1) is 0 Å². The fourth-order valence-corrected chi connectivity index (χ4v) is 9.26. The number of amides is 1. The number of nitrogens with one attached hydrogen (secondary N) is 1. The Balaban J connectivity index is 1.43. The third-order valence-electron chi connectivity index (χ3n) is 10.8. The van der Waals surface area contributed by atoms with Crippen LogP contribution in [0.2, 0.25) is 0 Å². The van der Waals surface area contributed by atoms with Crippen molar-refractivity contribution in [3.05, 3.63) is 0 Å². The summed E-state index contributed by atoms with van der Waals surface area (Å²) in [5.41, 5.74) is 0.924. The Morgan fingerprint density at radius 1 is 1.06 bits per heavy atom. The van der Waals surface area contributed by atoms with Crippen molar-refractivity contribution < 1.29 is 14.3 Å². The summed E-state index contributed by atoms with van der Waals surface area (Å²) in [7, 11) is 0. The van der Waals surface area contributed by atoms with Gasteiger partial charge < -0.3 is 10.1 Å². The van der Waals surface area contributed by atoms with Crippen molar-refractivity contribution in [2.75, 3.05) is 6.61 Å². The van der Waals surface area contributed by atoms with E-state index in [9.17, 15) is 9.59 Å². The summed E-state index contributed by atoms with van der Waals surface area (Å²) in [5.74, 6) is 4.74. The lowest BCUT2D eigenvalue weighted by molar-refractivity contribution is -0.143. The standard InChI is InChI=1S/C27H45NO3/c1-5-31-25(30)11-6-18(2)22-9-10-23-21-8-7-19-16-20(28-17-29)12-14-26(19,3)24(21)13-15-27(22,23)4/h17-24H,5-16H2,1-4H3,(H,28,29)/t18-,19-,20+,21+,22-,23+,24+,26+,27-/m1/s1. The SMILES string of the molecule is CCOC(=O)CC[C@@H](C)[C@H]1CC[C@H]2[C@@H]3CC[C@@H]4C[C@@H](NC=O)CC[C@]4(C)[C@H]3CC[C@]12C. The van der Waals surface area contributed by atoms with Gasteiger partial charge in [-0.2, -0.15) is 0 Å². The van der Waals surface area contributed by atoms with Crippen molar-refractivity contribution in [3.63, 3.8) is 0 Å². The van der Waals surface area contributed by atoms with Crippen LogP contribution in [0.15, 0.2) is 0 Å². The second-order valence-corrected chi connectivity index (χ2v) is 12.0. The van der Waals surface area contributed by atoms with E-state index in [-0.39, 0.29) is 5.97 Å². The molecular weight excluding hydrogens is 386 g/mol. The van der Waals surface area contributed by atoms with Crippen LogP contribution in [-0.4, -0.2) is 25.0 Å². The fourth-order valence-electron chi connectivity index (χ4n) is 9.26. The smallest absolute Gasteiger partial charge is 0.305 e. The van der Waals surface area contributed by atoms with Gasteiger partial charge in [0, 0.05) is 12.5 Å². The number of carbonyl (C=O) groups excluding carboxylic acids is 2. The average molecular weight is 432 g/mol. The Morgan fingerprint density at radius 2 is 1.81 bits per heavy atom. The summed E-state index contributed by atoms with van der Waals surface area (Å²) in [4.78, 5) is 22.9. The number of fused-ring (bicyclic) bond motifs is 5. The quantitative estimate of drug-likeness (QED) is 0.413. The van der Waals surface area contributed by atoms with E-state index in [4.69, 9.17) is 4.74 Å². The van der Waals surface area contributed by atoms with Crippen LogP contribution in [0.25, 0.3) is 0 Å². The zero-order valence-electron chi connectivity index (χ0n) is 20.3. The summed E-state index contributed by atoms with van der Waals surface area (Å²) in [6.45, 7) is 9.98. The molecule has 31 heavy (non-hydrogen) atoms. The van der Waals surface area contributed by atoms with E-state index in [2.05, 4.69) is 26.1 Å². The van der Waals surface area contributed by atoms with Gasteiger partial charge in [0.2, 0.25) is 6.41 Å². The van der Waals surface area contributed by atoms with Crippen molar-refractivity contribution in [1.82, 2.24) is 5.32 Å². The highest BCUT2D eigenvalue weighted by atomic mass is 16.5. The fraction of sp³-hybridized carbons (Fsp3) is 0.926. The molecular formula is C27H45NO3. The molecule has 4 aliphatic carbocycles. The van der Waals surface area contributed by atoms with E-state index >= 15 is 0 Å². The van der Waals surface area contributed by atoms with Gasteiger partial charge in [-0.05, 0) is 117 Å². The molecule has 9 atom stereocenters. The maximum Gasteiger partial charge on any atom is 0.305 e. The summed E-state index contributed by atoms with van der Waals surface area (Å²) in [5, 5.41) is 3.08. The minimum atomic E-state index is -0.0244. The van der Waals surface area contributed by atoms with Crippen LogP contribution in [0.1, 0.15) is 98.3 Å². The van der Waals surface area contributed by atoms with Gasteiger partial charge in [0.25, 0.3) is 0 Å². The maximum atomic E-state index is 11.9. The second kappa shape index (κ2) is 9.06. The van der Waals surface area contributed by atoms with Crippen LogP contribution < -0.4 is 5.32 Å². The number of carbonyl (C=O) groups is 2. The first-order valence-corrected chi connectivity index (χ1v) is 13.2. The van der Waals surface area contributed by atoms with Crippen LogP contribution in [0.4, 0.5) is 0 Å².